The normalized spacial score (nSPS) is 24.5. The summed E-state index contributed by atoms with van der Waals surface area (Å²) in [6.45, 7) is 3.95. The van der Waals surface area contributed by atoms with E-state index in [-0.39, 0.29) is 34.4 Å². The number of carbonyl (C=O) groups excluding carboxylic acids is 1. The van der Waals surface area contributed by atoms with E-state index in [9.17, 15) is 21.6 Å². The van der Waals surface area contributed by atoms with E-state index in [1.54, 1.807) is 60.5 Å². The molecule has 2 saturated heterocycles. The maximum absolute atomic E-state index is 13.3. The van der Waals surface area contributed by atoms with Gasteiger partial charge in [-0.3, -0.25) is 9.69 Å². The number of sulfone groups is 2. The van der Waals surface area contributed by atoms with Gasteiger partial charge in [0.25, 0.3) is 0 Å². The number of hydrogen-bond donors (Lipinski definition) is 0. The van der Waals surface area contributed by atoms with Crippen molar-refractivity contribution in [2.75, 3.05) is 19.3 Å². The van der Waals surface area contributed by atoms with Gasteiger partial charge in [-0.2, -0.15) is 0 Å². The largest absolute Gasteiger partial charge is 0.313 e. The van der Waals surface area contributed by atoms with Crippen LogP contribution < -0.4 is 0 Å². The zero-order chi connectivity index (χ0) is 22.4. The number of likely N-dealkylation sites (tertiary alicyclic amines) is 1. The minimum Gasteiger partial charge on any atom is -0.313 e. The maximum atomic E-state index is 13.3. The first kappa shape index (κ1) is 21.7. The van der Waals surface area contributed by atoms with Crippen LogP contribution in [0.1, 0.15) is 6.42 Å². The number of rotatable bonds is 6. The molecule has 9 heteroatoms. The molecule has 0 aliphatic carbocycles. The summed E-state index contributed by atoms with van der Waals surface area (Å²) in [4.78, 5) is 16.6. The quantitative estimate of drug-likeness (QED) is 0.652. The average Bonchev–Trinajstić information content (AvgIpc) is 3.06. The van der Waals surface area contributed by atoms with Gasteiger partial charge >= 0.3 is 0 Å². The van der Waals surface area contributed by atoms with Crippen molar-refractivity contribution in [3.63, 3.8) is 0 Å². The number of nitrogens with zero attached hydrogens (tertiary/aromatic N) is 2. The highest BCUT2D eigenvalue weighted by molar-refractivity contribution is 7.92. The molecule has 0 unspecified atom stereocenters. The molecule has 3 atom stereocenters. The molecule has 4 rings (SSSR count). The highest BCUT2D eigenvalue weighted by Crippen LogP contribution is 2.40. The van der Waals surface area contributed by atoms with E-state index in [4.69, 9.17) is 0 Å². The first-order valence-corrected chi connectivity index (χ1v) is 13.1. The summed E-state index contributed by atoms with van der Waals surface area (Å²) in [6.07, 6.45) is 0.151. The third-order valence-corrected chi connectivity index (χ3v) is 10.0. The van der Waals surface area contributed by atoms with E-state index in [1.807, 2.05) is 0 Å². The van der Waals surface area contributed by atoms with Gasteiger partial charge in [0.1, 0.15) is 0 Å². The lowest BCUT2D eigenvalue weighted by Gasteiger charge is -2.40. The summed E-state index contributed by atoms with van der Waals surface area (Å²) in [5.74, 6) is -0.570. The van der Waals surface area contributed by atoms with Crippen molar-refractivity contribution in [3.05, 3.63) is 72.9 Å². The SMILES string of the molecule is C=C1[C@@H]2[C@@H](S(=O)(=O)c3ccccc3)C[C@H](C(=O)N1CCS(=O)(=O)c1ccccc1)N2C. The number of hydrogen-bond acceptors (Lipinski definition) is 6. The van der Waals surface area contributed by atoms with E-state index in [0.29, 0.717) is 5.70 Å². The fraction of sp³-hybridized carbons (Fsp3) is 0.318. The average molecular weight is 461 g/mol. The zero-order valence-electron chi connectivity index (χ0n) is 17.1. The van der Waals surface area contributed by atoms with Crippen LogP contribution in [-0.4, -0.2) is 69.2 Å². The molecule has 0 N–H and O–H groups in total. The molecule has 0 aromatic heterocycles. The topological polar surface area (TPSA) is 91.8 Å². The summed E-state index contributed by atoms with van der Waals surface area (Å²) in [5, 5.41) is -0.822. The maximum Gasteiger partial charge on any atom is 0.244 e. The predicted molar refractivity (Wildman–Crippen MR) is 117 cm³/mol. The Morgan fingerprint density at radius 2 is 1.48 bits per heavy atom. The minimum atomic E-state index is -3.69. The van der Waals surface area contributed by atoms with Crippen LogP contribution in [0.5, 0.6) is 0 Å². The van der Waals surface area contributed by atoms with Crippen molar-refractivity contribution < 1.29 is 21.6 Å². The highest BCUT2D eigenvalue weighted by atomic mass is 32.2. The number of piperazine rings is 1. The van der Waals surface area contributed by atoms with E-state index >= 15 is 0 Å². The Hall–Kier alpha value is -2.49. The number of benzene rings is 2. The van der Waals surface area contributed by atoms with Crippen molar-refractivity contribution in [1.82, 2.24) is 9.80 Å². The number of amides is 1. The van der Waals surface area contributed by atoms with Crippen LogP contribution in [0.15, 0.2) is 82.7 Å². The molecule has 2 bridgehead atoms. The lowest BCUT2D eigenvalue weighted by molar-refractivity contribution is -0.136. The first-order valence-electron chi connectivity index (χ1n) is 9.93. The molecule has 0 radical (unpaired) electrons. The van der Waals surface area contributed by atoms with Crippen LogP contribution >= 0.6 is 0 Å². The molecule has 2 heterocycles. The molecule has 31 heavy (non-hydrogen) atoms. The van der Waals surface area contributed by atoms with Gasteiger partial charge in [-0.25, -0.2) is 16.8 Å². The molecule has 2 fully saturated rings. The Bertz CT molecular complexity index is 1210. The summed E-state index contributed by atoms with van der Waals surface area (Å²) in [5.41, 5.74) is 0.328. The van der Waals surface area contributed by atoms with Crippen molar-refractivity contribution in [3.8, 4) is 0 Å². The fourth-order valence-corrected chi connectivity index (χ4v) is 7.71. The van der Waals surface area contributed by atoms with Crippen molar-refractivity contribution in [2.24, 2.45) is 0 Å². The predicted octanol–water partition coefficient (Wildman–Crippen LogP) is 1.73. The lowest BCUT2D eigenvalue weighted by Crippen LogP contribution is -2.56. The third kappa shape index (κ3) is 3.71. The number of carbonyl (C=O) groups is 1. The van der Waals surface area contributed by atoms with Gasteiger partial charge in [-0.15, -0.1) is 0 Å². The molecule has 164 valence electrons. The van der Waals surface area contributed by atoms with Gasteiger partial charge in [0.2, 0.25) is 5.91 Å². The summed E-state index contributed by atoms with van der Waals surface area (Å²) in [6, 6.07) is 15.0. The van der Waals surface area contributed by atoms with Gasteiger partial charge in [0.15, 0.2) is 19.7 Å². The second-order valence-corrected chi connectivity index (χ2v) is 12.1. The first-order chi connectivity index (χ1) is 14.6. The van der Waals surface area contributed by atoms with Crippen LogP contribution in [0.3, 0.4) is 0 Å². The monoisotopic (exact) mass is 460 g/mol. The van der Waals surface area contributed by atoms with E-state index in [0.717, 1.165) is 0 Å². The smallest absolute Gasteiger partial charge is 0.244 e. The van der Waals surface area contributed by atoms with Gasteiger partial charge in [-0.1, -0.05) is 43.0 Å². The lowest BCUT2D eigenvalue weighted by atomic mass is 10.1. The second-order valence-electron chi connectivity index (χ2n) is 7.87. The molecular formula is C22H24N2O5S2. The molecule has 0 saturated carbocycles. The van der Waals surface area contributed by atoms with Gasteiger partial charge in [-0.05, 0) is 37.7 Å². The van der Waals surface area contributed by atoms with Crippen molar-refractivity contribution in [1.29, 1.82) is 0 Å². The molecule has 2 aliphatic rings. The van der Waals surface area contributed by atoms with Gasteiger partial charge in [0.05, 0.1) is 32.9 Å². The van der Waals surface area contributed by atoms with Crippen molar-refractivity contribution in [2.45, 2.75) is 33.5 Å². The van der Waals surface area contributed by atoms with Gasteiger partial charge in [0, 0.05) is 12.2 Å². The van der Waals surface area contributed by atoms with Crippen LogP contribution in [0.2, 0.25) is 0 Å². The Morgan fingerprint density at radius 3 is 2.06 bits per heavy atom. The summed E-state index contributed by atoms with van der Waals surface area (Å²) in [7, 11) is -5.56. The summed E-state index contributed by atoms with van der Waals surface area (Å²) < 4.78 is 51.9. The summed E-state index contributed by atoms with van der Waals surface area (Å²) >= 11 is 0. The Balaban J connectivity index is 1.59. The standard InChI is InChI=1S/C22H24N2O5S2/c1-16-21-20(31(28,29)18-11-7-4-8-12-18)15-19(23(21)2)22(25)24(16)13-14-30(26,27)17-9-5-3-6-10-17/h3-12,19-21H,1,13-15H2,2H3/t19-,20+,21-/m1/s1. The van der Waals surface area contributed by atoms with Crippen LogP contribution in [0, 0.1) is 0 Å². The molecule has 0 spiro atoms. The fourth-order valence-electron chi connectivity index (χ4n) is 4.47. The van der Waals surface area contributed by atoms with E-state index in [2.05, 4.69) is 6.58 Å². The number of fused-ring (bicyclic) bond motifs is 2. The minimum absolute atomic E-state index is 0.0617. The van der Waals surface area contributed by atoms with Crippen molar-refractivity contribution >= 4 is 25.6 Å². The Labute approximate surface area is 182 Å². The molecule has 2 aliphatic heterocycles. The van der Waals surface area contributed by atoms with Gasteiger partial charge < -0.3 is 4.90 Å². The zero-order valence-corrected chi connectivity index (χ0v) is 18.7. The molecule has 2 aromatic carbocycles. The Morgan fingerprint density at radius 1 is 0.935 bits per heavy atom. The van der Waals surface area contributed by atoms with E-state index in [1.165, 1.54) is 17.0 Å². The third-order valence-electron chi connectivity index (χ3n) is 6.13. The molecular weight excluding hydrogens is 436 g/mol. The molecule has 7 nitrogen and oxygen atoms in total. The van der Waals surface area contributed by atoms with Crippen LogP contribution in [0.25, 0.3) is 0 Å². The molecule has 2 aromatic rings. The second kappa shape index (κ2) is 7.89. The van der Waals surface area contributed by atoms with Crippen LogP contribution in [-0.2, 0) is 24.5 Å². The Kier molecular flexibility index (Phi) is 5.53. The molecule has 1 amide bonds. The number of likely N-dealkylation sites (N-methyl/N-ethyl adjacent to an activating group) is 1. The highest BCUT2D eigenvalue weighted by Gasteiger charge is 2.55. The van der Waals surface area contributed by atoms with Crippen LogP contribution in [0.4, 0.5) is 0 Å². The van der Waals surface area contributed by atoms with E-state index < -0.39 is 37.0 Å².